The van der Waals surface area contributed by atoms with Crippen LogP contribution in [0.5, 0.6) is 0 Å². The van der Waals surface area contributed by atoms with Crippen LogP contribution in [-0.4, -0.2) is 34.0 Å². The van der Waals surface area contributed by atoms with Gasteiger partial charge >= 0.3 is 5.97 Å². The number of amides is 1. The summed E-state index contributed by atoms with van der Waals surface area (Å²) in [5, 5.41) is 12.2. The number of rotatable bonds is 6. The number of benzene rings is 2. The Bertz CT molecular complexity index is 741. The molecule has 25 heavy (non-hydrogen) atoms. The average molecular weight is 373 g/mol. The lowest BCUT2D eigenvalue weighted by atomic mass is 9.98. The second-order valence-electron chi connectivity index (χ2n) is 5.94. The minimum absolute atomic E-state index is 0.327. The van der Waals surface area contributed by atoms with E-state index in [2.05, 4.69) is 17.4 Å². The van der Waals surface area contributed by atoms with Crippen LogP contribution >= 0.6 is 23.5 Å². The predicted octanol–water partition coefficient (Wildman–Crippen LogP) is 3.67. The number of carboxylic acids is 1. The Balaban J connectivity index is 1.61. The summed E-state index contributed by atoms with van der Waals surface area (Å²) in [5.74, 6) is 0.706. The first-order valence-electron chi connectivity index (χ1n) is 7.99. The van der Waals surface area contributed by atoms with E-state index in [1.165, 1.54) is 4.90 Å². The van der Waals surface area contributed by atoms with Crippen molar-refractivity contribution in [1.29, 1.82) is 0 Å². The molecule has 2 N–H and O–H groups in total. The molecule has 1 amide bonds. The van der Waals surface area contributed by atoms with Crippen LogP contribution in [0.4, 0.5) is 0 Å². The number of carboxylic acid groups (broad SMARTS) is 1. The summed E-state index contributed by atoms with van der Waals surface area (Å²) >= 11 is 3.29. The third-order valence-corrected chi connectivity index (χ3v) is 6.42. The van der Waals surface area contributed by atoms with E-state index in [4.69, 9.17) is 0 Å². The number of carbonyl (C=O) groups is 2. The number of hydrogen-bond acceptors (Lipinski definition) is 4. The van der Waals surface area contributed by atoms with Crippen LogP contribution < -0.4 is 5.32 Å². The van der Waals surface area contributed by atoms with Gasteiger partial charge in [0.2, 0.25) is 0 Å². The van der Waals surface area contributed by atoms with Gasteiger partial charge in [-0.1, -0.05) is 30.3 Å². The molecule has 1 fully saturated rings. The van der Waals surface area contributed by atoms with Gasteiger partial charge in [-0.25, -0.2) is 4.79 Å². The fourth-order valence-corrected chi connectivity index (χ4v) is 4.81. The molecule has 2 aromatic carbocycles. The van der Waals surface area contributed by atoms with Gasteiger partial charge in [0.15, 0.2) is 0 Å². The van der Waals surface area contributed by atoms with Crippen LogP contribution in [0.3, 0.4) is 0 Å². The fourth-order valence-electron chi connectivity index (χ4n) is 2.61. The molecule has 6 heteroatoms. The maximum Gasteiger partial charge on any atom is 0.330 e. The lowest BCUT2D eigenvalue weighted by molar-refractivity contribution is -0.143. The summed E-state index contributed by atoms with van der Waals surface area (Å²) in [7, 11) is 0. The lowest BCUT2D eigenvalue weighted by Crippen LogP contribution is -2.54. The number of nitrogens with one attached hydrogen (secondary N) is 1. The third kappa shape index (κ3) is 4.38. The number of aliphatic carboxylic acids is 1. The Morgan fingerprint density at radius 3 is 2.44 bits per heavy atom. The molecule has 3 rings (SSSR count). The molecule has 0 aromatic heterocycles. The molecule has 1 saturated heterocycles. The zero-order valence-electron chi connectivity index (χ0n) is 13.6. The van der Waals surface area contributed by atoms with Crippen molar-refractivity contribution in [3.05, 3.63) is 65.7 Å². The minimum Gasteiger partial charge on any atom is -0.479 e. The Labute approximate surface area is 155 Å². The Morgan fingerprint density at radius 2 is 1.84 bits per heavy atom. The summed E-state index contributed by atoms with van der Waals surface area (Å²) in [6, 6.07) is 17.5. The van der Waals surface area contributed by atoms with Crippen molar-refractivity contribution < 1.29 is 14.7 Å². The van der Waals surface area contributed by atoms with Crippen molar-refractivity contribution in [2.75, 3.05) is 11.5 Å². The topological polar surface area (TPSA) is 66.4 Å². The van der Waals surface area contributed by atoms with E-state index in [-0.39, 0.29) is 5.91 Å². The first-order chi connectivity index (χ1) is 12.1. The second kappa shape index (κ2) is 7.97. The molecule has 0 radical (unpaired) electrons. The fraction of sp³-hybridized carbons (Fsp3) is 0.263. The third-order valence-electron chi connectivity index (χ3n) is 4.15. The highest BCUT2D eigenvalue weighted by atomic mass is 32.2. The van der Waals surface area contributed by atoms with Gasteiger partial charge in [0.1, 0.15) is 5.54 Å². The predicted molar refractivity (Wildman–Crippen MR) is 102 cm³/mol. The highest BCUT2D eigenvalue weighted by Crippen LogP contribution is 2.29. The monoisotopic (exact) mass is 373 g/mol. The van der Waals surface area contributed by atoms with Crippen LogP contribution in [0.2, 0.25) is 0 Å². The second-order valence-corrected chi connectivity index (χ2v) is 8.10. The van der Waals surface area contributed by atoms with Crippen molar-refractivity contribution >= 4 is 35.4 Å². The van der Waals surface area contributed by atoms with E-state index in [0.29, 0.717) is 17.7 Å². The molecule has 0 saturated carbocycles. The Hall–Kier alpha value is -1.92. The van der Waals surface area contributed by atoms with Gasteiger partial charge in [-0.05, 0) is 42.0 Å². The SMILES string of the molecule is O=C(NC1(C(=O)O)CCSC1)c1ccc(CSc2ccccc2)cc1. The number of hydrogen-bond donors (Lipinski definition) is 2. The molecular formula is C19H19NO3S2. The largest absolute Gasteiger partial charge is 0.479 e. The molecule has 1 heterocycles. The van der Waals surface area contributed by atoms with Gasteiger partial charge in [-0.15, -0.1) is 11.8 Å². The van der Waals surface area contributed by atoms with Gasteiger partial charge < -0.3 is 10.4 Å². The van der Waals surface area contributed by atoms with Crippen LogP contribution in [0.25, 0.3) is 0 Å². The van der Waals surface area contributed by atoms with Crippen LogP contribution in [0.1, 0.15) is 22.3 Å². The summed E-state index contributed by atoms with van der Waals surface area (Å²) in [6.07, 6.45) is 0.463. The van der Waals surface area contributed by atoms with E-state index in [1.54, 1.807) is 35.7 Å². The van der Waals surface area contributed by atoms with E-state index in [0.717, 1.165) is 17.1 Å². The van der Waals surface area contributed by atoms with Gasteiger partial charge in [-0.3, -0.25) is 4.79 Å². The van der Waals surface area contributed by atoms with Gasteiger partial charge in [0.25, 0.3) is 5.91 Å². The zero-order valence-corrected chi connectivity index (χ0v) is 15.2. The molecular weight excluding hydrogens is 354 g/mol. The number of carbonyl (C=O) groups excluding carboxylic acids is 1. The summed E-state index contributed by atoms with van der Waals surface area (Å²) in [6.45, 7) is 0. The molecule has 0 spiro atoms. The van der Waals surface area contributed by atoms with Crippen molar-refractivity contribution in [2.24, 2.45) is 0 Å². The molecule has 2 aromatic rings. The zero-order chi connectivity index (χ0) is 17.7. The summed E-state index contributed by atoms with van der Waals surface area (Å²) in [5.41, 5.74) is 0.476. The first-order valence-corrected chi connectivity index (χ1v) is 10.1. The standard InChI is InChI=1S/C19H19NO3S2/c21-17(20-19(18(22)23)10-11-24-13-19)15-8-6-14(7-9-15)12-25-16-4-2-1-3-5-16/h1-9H,10-13H2,(H,20,21)(H,22,23). The quantitative estimate of drug-likeness (QED) is 0.757. The molecule has 0 aliphatic carbocycles. The van der Waals surface area contributed by atoms with Crippen LogP contribution in [-0.2, 0) is 10.5 Å². The van der Waals surface area contributed by atoms with Crippen molar-refractivity contribution in [2.45, 2.75) is 22.6 Å². The molecule has 1 atom stereocenters. The normalized spacial score (nSPS) is 19.5. The van der Waals surface area contributed by atoms with Gasteiger partial charge in [0.05, 0.1) is 0 Å². The average Bonchev–Trinajstić information content (AvgIpc) is 3.11. The maximum atomic E-state index is 12.4. The molecule has 1 aliphatic heterocycles. The van der Waals surface area contributed by atoms with Crippen LogP contribution in [0.15, 0.2) is 59.5 Å². The van der Waals surface area contributed by atoms with Gasteiger partial charge in [-0.2, -0.15) is 11.8 Å². The lowest BCUT2D eigenvalue weighted by Gasteiger charge is -2.24. The highest BCUT2D eigenvalue weighted by molar-refractivity contribution is 7.99. The molecule has 4 nitrogen and oxygen atoms in total. The minimum atomic E-state index is -1.14. The first kappa shape index (κ1) is 17.9. The molecule has 0 bridgehead atoms. The number of thioether (sulfide) groups is 2. The smallest absolute Gasteiger partial charge is 0.330 e. The maximum absolute atomic E-state index is 12.4. The Kier molecular flexibility index (Phi) is 5.71. The highest BCUT2D eigenvalue weighted by Gasteiger charge is 2.43. The van der Waals surface area contributed by atoms with Crippen molar-refractivity contribution in [1.82, 2.24) is 5.32 Å². The summed E-state index contributed by atoms with van der Waals surface area (Å²) < 4.78 is 0. The van der Waals surface area contributed by atoms with E-state index in [9.17, 15) is 14.7 Å². The van der Waals surface area contributed by atoms with E-state index < -0.39 is 11.5 Å². The molecule has 1 unspecified atom stereocenters. The Morgan fingerprint density at radius 1 is 1.12 bits per heavy atom. The molecule has 1 aliphatic rings. The van der Waals surface area contributed by atoms with E-state index >= 15 is 0 Å². The van der Waals surface area contributed by atoms with Crippen molar-refractivity contribution in [3.8, 4) is 0 Å². The van der Waals surface area contributed by atoms with Gasteiger partial charge in [0, 0.05) is 22.0 Å². The molecule has 130 valence electrons. The van der Waals surface area contributed by atoms with Crippen LogP contribution in [0, 0.1) is 0 Å². The van der Waals surface area contributed by atoms with E-state index in [1.807, 2.05) is 30.3 Å². The van der Waals surface area contributed by atoms with Crippen molar-refractivity contribution in [3.63, 3.8) is 0 Å². The summed E-state index contributed by atoms with van der Waals surface area (Å²) in [4.78, 5) is 25.1.